The Morgan fingerprint density at radius 2 is 1.93 bits per heavy atom. The first-order valence-corrected chi connectivity index (χ1v) is 10.3. The number of hydrogen-bond acceptors (Lipinski definition) is 6. The Balaban J connectivity index is 2.11. The highest BCUT2D eigenvalue weighted by molar-refractivity contribution is 7.92. The van der Waals surface area contributed by atoms with E-state index in [0.717, 1.165) is 5.56 Å². The van der Waals surface area contributed by atoms with Crippen molar-refractivity contribution in [1.29, 1.82) is 0 Å². The Kier molecular flexibility index (Phi) is 5.20. The lowest BCUT2D eigenvalue weighted by Crippen LogP contribution is -2.15. The largest absolute Gasteiger partial charge is 0.495 e. The third-order valence-electron chi connectivity index (χ3n) is 4.70. The minimum absolute atomic E-state index is 0.185. The summed E-state index contributed by atoms with van der Waals surface area (Å²) in [5.41, 5.74) is 3.01. The van der Waals surface area contributed by atoms with Crippen molar-refractivity contribution in [2.24, 2.45) is 7.05 Å². The first-order valence-electron chi connectivity index (χ1n) is 8.85. The zero-order chi connectivity index (χ0) is 20.6. The molecule has 2 aromatic heterocycles. The van der Waals surface area contributed by atoms with E-state index in [9.17, 15) is 8.42 Å². The van der Waals surface area contributed by atoms with Crippen molar-refractivity contribution in [2.75, 3.05) is 11.8 Å². The van der Waals surface area contributed by atoms with Crippen molar-refractivity contribution in [1.82, 2.24) is 14.8 Å². The van der Waals surface area contributed by atoms with Gasteiger partial charge in [-0.2, -0.15) is 0 Å². The van der Waals surface area contributed by atoms with Gasteiger partial charge in [0.2, 0.25) is 5.89 Å². The highest BCUT2D eigenvalue weighted by Gasteiger charge is 2.29. The van der Waals surface area contributed by atoms with Gasteiger partial charge in [0.25, 0.3) is 15.9 Å². The Morgan fingerprint density at radius 1 is 1.21 bits per heavy atom. The molecule has 1 aromatic carbocycles. The molecule has 2 heterocycles. The van der Waals surface area contributed by atoms with Crippen molar-refractivity contribution in [3.05, 3.63) is 40.9 Å². The molecule has 0 atom stereocenters. The van der Waals surface area contributed by atoms with Gasteiger partial charge < -0.3 is 13.7 Å². The molecule has 0 aliphatic carbocycles. The Morgan fingerprint density at radius 3 is 2.54 bits per heavy atom. The molecule has 28 heavy (non-hydrogen) atoms. The van der Waals surface area contributed by atoms with Crippen LogP contribution in [0.4, 0.5) is 5.69 Å². The monoisotopic (exact) mass is 404 g/mol. The first kappa shape index (κ1) is 19.9. The molecule has 8 nitrogen and oxygen atoms in total. The molecule has 9 heteroatoms. The quantitative estimate of drug-likeness (QED) is 0.676. The highest BCUT2D eigenvalue weighted by Crippen LogP contribution is 2.35. The Hall–Kier alpha value is -2.81. The number of aromatic nitrogens is 3. The van der Waals surface area contributed by atoms with Crippen molar-refractivity contribution >= 4 is 15.7 Å². The average Bonchev–Trinajstić information content (AvgIpc) is 3.18. The fourth-order valence-electron chi connectivity index (χ4n) is 3.24. The number of rotatable bonds is 6. The van der Waals surface area contributed by atoms with E-state index in [1.807, 2.05) is 19.9 Å². The van der Waals surface area contributed by atoms with Gasteiger partial charge in [-0.15, -0.1) is 10.2 Å². The molecule has 0 radical (unpaired) electrons. The van der Waals surface area contributed by atoms with Gasteiger partial charge in [0.05, 0.1) is 12.8 Å². The Labute approximate surface area is 164 Å². The smallest absolute Gasteiger partial charge is 0.264 e. The van der Waals surface area contributed by atoms with E-state index in [2.05, 4.69) is 14.9 Å². The molecule has 0 bridgehead atoms. The molecule has 0 saturated carbocycles. The second-order valence-corrected chi connectivity index (χ2v) is 8.23. The number of nitrogens with one attached hydrogen (secondary N) is 1. The van der Waals surface area contributed by atoms with E-state index in [1.54, 1.807) is 37.6 Å². The molecule has 3 aromatic rings. The molecule has 0 unspecified atom stereocenters. The minimum Gasteiger partial charge on any atom is -0.495 e. The molecule has 0 saturated heterocycles. The van der Waals surface area contributed by atoms with Crippen LogP contribution in [0.5, 0.6) is 5.75 Å². The summed E-state index contributed by atoms with van der Waals surface area (Å²) in [5, 5.41) is 8.05. The van der Waals surface area contributed by atoms with Crippen LogP contribution in [0.2, 0.25) is 0 Å². The second-order valence-electron chi connectivity index (χ2n) is 6.61. The number of anilines is 1. The van der Waals surface area contributed by atoms with Crippen LogP contribution in [0, 0.1) is 20.8 Å². The summed E-state index contributed by atoms with van der Waals surface area (Å²) in [6.45, 7) is 7.28. The van der Waals surface area contributed by atoms with Gasteiger partial charge in [-0.25, -0.2) is 8.42 Å². The molecular formula is C19H24N4O4S. The molecule has 0 spiro atoms. The molecule has 1 N–H and O–H groups in total. The topological polar surface area (TPSA) is 99.3 Å². The summed E-state index contributed by atoms with van der Waals surface area (Å²) in [6.07, 6.45) is 0.606. The summed E-state index contributed by atoms with van der Waals surface area (Å²) in [6, 6.07) is 5.32. The lowest BCUT2D eigenvalue weighted by molar-refractivity contribution is 0.417. The second kappa shape index (κ2) is 7.31. The SMILES string of the molecule is CCc1nnc(-c2c(C)c(S(=O)(=O)Nc3cc(C)ccc3OC)c(C)n2C)o1. The van der Waals surface area contributed by atoms with Gasteiger partial charge in [0.15, 0.2) is 0 Å². The summed E-state index contributed by atoms with van der Waals surface area (Å²) < 4.78 is 41.8. The van der Waals surface area contributed by atoms with Crippen LogP contribution in [0.1, 0.15) is 29.6 Å². The number of sulfonamides is 1. The van der Waals surface area contributed by atoms with Gasteiger partial charge in [0.1, 0.15) is 16.3 Å². The van der Waals surface area contributed by atoms with Crippen LogP contribution in [0.15, 0.2) is 27.5 Å². The fraction of sp³-hybridized carbons (Fsp3) is 0.368. The molecule has 3 rings (SSSR count). The number of nitrogens with zero attached hydrogens (tertiary/aromatic N) is 3. The molecule has 0 amide bonds. The lowest BCUT2D eigenvalue weighted by Gasteiger charge is -2.13. The summed E-state index contributed by atoms with van der Waals surface area (Å²) >= 11 is 0. The van der Waals surface area contributed by atoms with E-state index < -0.39 is 10.0 Å². The van der Waals surface area contributed by atoms with Crippen molar-refractivity contribution in [3.8, 4) is 17.3 Å². The van der Waals surface area contributed by atoms with Crippen LogP contribution < -0.4 is 9.46 Å². The van der Waals surface area contributed by atoms with E-state index >= 15 is 0 Å². The normalized spacial score (nSPS) is 11.6. The van der Waals surface area contributed by atoms with Crippen LogP contribution in [0.3, 0.4) is 0 Å². The number of aryl methyl sites for hydroxylation is 2. The van der Waals surface area contributed by atoms with Gasteiger partial charge >= 0.3 is 0 Å². The summed E-state index contributed by atoms with van der Waals surface area (Å²) in [7, 11) is -0.595. The predicted molar refractivity (Wildman–Crippen MR) is 106 cm³/mol. The van der Waals surface area contributed by atoms with Crippen molar-refractivity contribution < 1.29 is 17.6 Å². The molecule has 0 aliphatic heterocycles. The minimum atomic E-state index is -3.87. The summed E-state index contributed by atoms with van der Waals surface area (Å²) in [5.74, 6) is 1.25. The van der Waals surface area contributed by atoms with E-state index in [-0.39, 0.29) is 4.90 Å². The number of methoxy groups -OCH3 is 1. The third kappa shape index (κ3) is 3.37. The molecule has 150 valence electrons. The molecule has 0 fully saturated rings. The van der Waals surface area contributed by atoms with Gasteiger partial charge in [-0.3, -0.25) is 4.72 Å². The number of ether oxygens (including phenoxy) is 1. The van der Waals surface area contributed by atoms with Crippen LogP contribution >= 0.6 is 0 Å². The van der Waals surface area contributed by atoms with Crippen LogP contribution in [-0.4, -0.2) is 30.3 Å². The molecule has 0 aliphatic rings. The number of benzene rings is 1. The first-order chi connectivity index (χ1) is 13.2. The van der Waals surface area contributed by atoms with Gasteiger partial charge in [0, 0.05) is 24.7 Å². The average molecular weight is 404 g/mol. The summed E-state index contributed by atoms with van der Waals surface area (Å²) in [4.78, 5) is 0.185. The van der Waals surface area contributed by atoms with E-state index in [4.69, 9.17) is 9.15 Å². The maximum Gasteiger partial charge on any atom is 0.264 e. The highest BCUT2D eigenvalue weighted by atomic mass is 32.2. The van der Waals surface area contributed by atoms with Gasteiger partial charge in [-0.05, 0) is 38.5 Å². The zero-order valence-electron chi connectivity index (χ0n) is 16.8. The number of hydrogen-bond donors (Lipinski definition) is 1. The van der Waals surface area contributed by atoms with Gasteiger partial charge in [-0.1, -0.05) is 13.0 Å². The van der Waals surface area contributed by atoms with Crippen molar-refractivity contribution in [2.45, 2.75) is 39.0 Å². The maximum atomic E-state index is 13.2. The maximum absolute atomic E-state index is 13.2. The third-order valence-corrected chi connectivity index (χ3v) is 6.33. The van der Waals surface area contributed by atoms with Crippen LogP contribution in [0.25, 0.3) is 11.6 Å². The van der Waals surface area contributed by atoms with E-state index in [1.165, 1.54) is 7.11 Å². The molecular weight excluding hydrogens is 380 g/mol. The Bertz CT molecular complexity index is 1130. The fourth-order valence-corrected chi connectivity index (χ4v) is 4.82. The predicted octanol–water partition coefficient (Wildman–Crippen LogP) is 3.37. The standard InChI is InChI=1S/C19H24N4O4S/c1-7-16-20-21-19(27-16)17-12(3)18(13(4)23(17)5)28(24,25)22-14-10-11(2)8-9-15(14)26-6/h8-10,22H,7H2,1-6H3. The van der Waals surface area contributed by atoms with Crippen molar-refractivity contribution in [3.63, 3.8) is 0 Å². The lowest BCUT2D eigenvalue weighted by atomic mass is 10.2. The zero-order valence-corrected chi connectivity index (χ0v) is 17.6. The van der Waals surface area contributed by atoms with Crippen LogP contribution in [-0.2, 0) is 23.5 Å². The van der Waals surface area contributed by atoms with E-state index in [0.29, 0.717) is 46.6 Å².